The molecule has 0 spiro atoms. The molecule has 1 heterocycles. The molecule has 1 aliphatic rings. The van der Waals surface area contributed by atoms with Gasteiger partial charge in [0.15, 0.2) is 0 Å². The third-order valence-electron chi connectivity index (χ3n) is 4.52. The lowest BCUT2D eigenvalue weighted by molar-refractivity contribution is -0.134. The highest BCUT2D eigenvalue weighted by Crippen LogP contribution is 2.21. The average Bonchev–Trinajstić information content (AvgIpc) is 2.50. The van der Waals surface area contributed by atoms with Crippen molar-refractivity contribution in [3.8, 4) is 0 Å². The van der Waals surface area contributed by atoms with Crippen LogP contribution in [0.25, 0.3) is 0 Å². The Kier molecular flexibility index (Phi) is 6.22. The van der Waals surface area contributed by atoms with E-state index in [4.69, 9.17) is 0 Å². The summed E-state index contributed by atoms with van der Waals surface area (Å²) in [5.74, 6) is 0.221. The maximum atomic E-state index is 12.4. The third-order valence-corrected chi connectivity index (χ3v) is 4.52. The van der Waals surface area contributed by atoms with E-state index < -0.39 is 0 Å². The molecule has 0 radical (unpaired) electrons. The number of anilines is 1. The Hall–Kier alpha value is -1.88. The van der Waals surface area contributed by atoms with Crippen LogP contribution in [0.2, 0.25) is 0 Å². The fourth-order valence-electron chi connectivity index (χ4n) is 3.11. The summed E-state index contributed by atoms with van der Waals surface area (Å²) in [4.78, 5) is 28.7. The first-order valence-corrected chi connectivity index (χ1v) is 9.02. The minimum absolute atomic E-state index is 0.00636. The van der Waals surface area contributed by atoms with Crippen molar-refractivity contribution in [3.05, 3.63) is 29.3 Å². The van der Waals surface area contributed by atoms with Crippen LogP contribution in [0.3, 0.4) is 0 Å². The van der Waals surface area contributed by atoms with E-state index in [0.717, 1.165) is 29.9 Å². The zero-order valence-corrected chi connectivity index (χ0v) is 16.2. The molecule has 0 atom stereocenters. The molecule has 1 N–H and O–H groups in total. The highest BCUT2D eigenvalue weighted by atomic mass is 16.2. The van der Waals surface area contributed by atoms with Crippen molar-refractivity contribution in [2.24, 2.45) is 5.41 Å². The molecule has 5 nitrogen and oxygen atoms in total. The number of rotatable bonds is 4. The molecule has 25 heavy (non-hydrogen) atoms. The lowest BCUT2D eigenvalue weighted by atomic mass is 9.91. The fourth-order valence-corrected chi connectivity index (χ4v) is 3.11. The summed E-state index contributed by atoms with van der Waals surface area (Å²) in [5.41, 5.74) is 3.07. The summed E-state index contributed by atoms with van der Waals surface area (Å²) in [6, 6.07) is 6.00. The Bertz CT molecular complexity index is 606. The topological polar surface area (TPSA) is 52.7 Å². The van der Waals surface area contributed by atoms with Gasteiger partial charge in [-0.05, 0) is 30.4 Å². The monoisotopic (exact) mass is 345 g/mol. The Balaban J connectivity index is 1.82. The van der Waals surface area contributed by atoms with E-state index in [1.807, 2.05) is 36.9 Å². The second-order valence-corrected chi connectivity index (χ2v) is 8.21. The standard InChI is InChI=1S/C20H31N3O2/c1-15-7-6-8-16(2)19(15)21-17(24)14-22-9-11-23(12-10-22)18(25)13-20(3,4)5/h6-8H,9-14H2,1-5H3,(H,21,24). The lowest BCUT2D eigenvalue weighted by Gasteiger charge is -2.35. The predicted molar refractivity (Wildman–Crippen MR) is 102 cm³/mol. The van der Waals surface area contributed by atoms with E-state index in [-0.39, 0.29) is 17.2 Å². The highest BCUT2D eigenvalue weighted by molar-refractivity contribution is 5.93. The minimum Gasteiger partial charge on any atom is -0.340 e. The van der Waals surface area contributed by atoms with Crippen LogP contribution in [0.5, 0.6) is 0 Å². The van der Waals surface area contributed by atoms with E-state index in [2.05, 4.69) is 31.0 Å². The molecule has 0 bridgehead atoms. The summed E-state index contributed by atoms with van der Waals surface area (Å²) < 4.78 is 0. The largest absolute Gasteiger partial charge is 0.340 e. The lowest BCUT2D eigenvalue weighted by Crippen LogP contribution is -2.50. The van der Waals surface area contributed by atoms with E-state index in [1.165, 1.54) is 0 Å². The molecule has 1 saturated heterocycles. The zero-order chi connectivity index (χ0) is 18.6. The molecule has 5 heteroatoms. The van der Waals surface area contributed by atoms with Gasteiger partial charge in [0.2, 0.25) is 11.8 Å². The summed E-state index contributed by atoms with van der Waals surface area (Å²) in [5, 5.41) is 3.03. The van der Waals surface area contributed by atoms with E-state index >= 15 is 0 Å². The van der Waals surface area contributed by atoms with Gasteiger partial charge in [-0.15, -0.1) is 0 Å². The molecule has 1 aromatic rings. The van der Waals surface area contributed by atoms with Crippen molar-refractivity contribution in [1.82, 2.24) is 9.80 Å². The van der Waals surface area contributed by atoms with Gasteiger partial charge in [-0.2, -0.15) is 0 Å². The van der Waals surface area contributed by atoms with E-state index in [1.54, 1.807) is 0 Å². The summed E-state index contributed by atoms with van der Waals surface area (Å²) >= 11 is 0. The molecule has 0 aromatic heterocycles. The number of amides is 2. The number of benzene rings is 1. The number of hydrogen-bond acceptors (Lipinski definition) is 3. The average molecular weight is 345 g/mol. The first kappa shape index (κ1) is 19.4. The van der Waals surface area contributed by atoms with Crippen LogP contribution in [0.1, 0.15) is 38.3 Å². The maximum Gasteiger partial charge on any atom is 0.238 e. The number of nitrogens with zero attached hydrogens (tertiary/aromatic N) is 2. The molecule has 1 aliphatic heterocycles. The van der Waals surface area contributed by atoms with Crippen molar-refractivity contribution >= 4 is 17.5 Å². The fraction of sp³-hybridized carbons (Fsp3) is 0.600. The quantitative estimate of drug-likeness (QED) is 0.913. The zero-order valence-electron chi connectivity index (χ0n) is 16.2. The molecule has 2 rings (SSSR count). The van der Waals surface area contributed by atoms with Gasteiger partial charge in [0.25, 0.3) is 0 Å². The van der Waals surface area contributed by atoms with Gasteiger partial charge < -0.3 is 10.2 Å². The molecule has 1 aromatic carbocycles. The Labute approximate surface area is 151 Å². The van der Waals surface area contributed by atoms with Gasteiger partial charge in [0.05, 0.1) is 6.54 Å². The van der Waals surface area contributed by atoms with Crippen molar-refractivity contribution in [2.75, 3.05) is 38.0 Å². The van der Waals surface area contributed by atoms with Gasteiger partial charge in [-0.1, -0.05) is 39.0 Å². The van der Waals surface area contributed by atoms with Crippen molar-refractivity contribution in [3.63, 3.8) is 0 Å². The van der Waals surface area contributed by atoms with Crippen molar-refractivity contribution < 1.29 is 9.59 Å². The Morgan fingerprint density at radius 3 is 2.12 bits per heavy atom. The SMILES string of the molecule is Cc1cccc(C)c1NC(=O)CN1CCN(C(=O)CC(C)(C)C)CC1. The normalized spacial score (nSPS) is 16.0. The Morgan fingerprint density at radius 1 is 1.04 bits per heavy atom. The highest BCUT2D eigenvalue weighted by Gasteiger charge is 2.25. The molecule has 2 amide bonds. The predicted octanol–water partition coefficient (Wildman–Crippen LogP) is 2.82. The van der Waals surface area contributed by atoms with Gasteiger partial charge in [-0.3, -0.25) is 14.5 Å². The number of carbonyl (C=O) groups is 2. The number of piperazine rings is 1. The van der Waals surface area contributed by atoms with Gasteiger partial charge in [0, 0.05) is 38.3 Å². The van der Waals surface area contributed by atoms with E-state index in [9.17, 15) is 9.59 Å². The number of aryl methyl sites for hydroxylation is 2. The second kappa shape index (κ2) is 8.00. The third kappa shape index (κ3) is 5.85. The Morgan fingerprint density at radius 2 is 1.60 bits per heavy atom. The number of para-hydroxylation sites is 1. The number of hydrogen-bond donors (Lipinski definition) is 1. The van der Waals surface area contributed by atoms with Gasteiger partial charge >= 0.3 is 0 Å². The van der Waals surface area contributed by atoms with Crippen LogP contribution in [0.4, 0.5) is 5.69 Å². The van der Waals surface area contributed by atoms with Crippen LogP contribution in [-0.4, -0.2) is 54.3 Å². The van der Waals surface area contributed by atoms with E-state index in [0.29, 0.717) is 26.1 Å². The second-order valence-electron chi connectivity index (χ2n) is 8.21. The van der Waals surface area contributed by atoms with Crippen LogP contribution >= 0.6 is 0 Å². The first-order chi connectivity index (χ1) is 11.7. The number of carbonyl (C=O) groups excluding carboxylic acids is 2. The number of nitrogens with one attached hydrogen (secondary N) is 1. The summed E-state index contributed by atoms with van der Waals surface area (Å²) in [6.45, 7) is 13.5. The first-order valence-electron chi connectivity index (χ1n) is 9.02. The van der Waals surface area contributed by atoms with Crippen LogP contribution in [-0.2, 0) is 9.59 Å². The van der Waals surface area contributed by atoms with Crippen LogP contribution < -0.4 is 5.32 Å². The van der Waals surface area contributed by atoms with Crippen molar-refractivity contribution in [2.45, 2.75) is 41.0 Å². The molecular formula is C20H31N3O2. The molecule has 0 saturated carbocycles. The van der Waals surface area contributed by atoms with Gasteiger partial charge in [0.1, 0.15) is 0 Å². The summed E-state index contributed by atoms with van der Waals surface area (Å²) in [6.07, 6.45) is 0.569. The van der Waals surface area contributed by atoms with Crippen molar-refractivity contribution in [1.29, 1.82) is 0 Å². The molecule has 138 valence electrons. The van der Waals surface area contributed by atoms with Crippen LogP contribution in [0.15, 0.2) is 18.2 Å². The molecule has 1 fully saturated rings. The molecule has 0 unspecified atom stereocenters. The van der Waals surface area contributed by atoms with Gasteiger partial charge in [-0.25, -0.2) is 0 Å². The molecular weight excluding hydrogens is 314 g/mol. The maximum absolute atomic E-state index is 12.4. The minimum atomic E-state index is 0.00636. The smallest absolute Gasteiger partial charge is 0.238 e. The summed E-state index contributed by atoms with van der Waals surface area (Å²) in [7, 11) is 0. The molecule has 0 aliphatic carbocycles. The van der Waals surface area contributed by atoms with Crippen LogP contribution in [0, 0.1) is 19.3 Å².